The van der Waals surface area contributed by atoms with Crippen LogP contribution >= 0.6 is 11.3 Å². The number of aliphatic hydroxyl groups excluding tert-OH is 2. The van der Waals surface area contributed by atoms with Crippen LogP contribution in [0.15, 0.2) is 41.2 Å². The van der Waals surface area contributed by atoms with Gasteiger partial charge in [-0.25, -0.2) is 13.4 Å². The third-order valence-corrected chi connectivity index (χ3v) is 12.4. The van der Waals surface area contributed by atoms with Gasteiger partial charge >= 0.3 is 0 Å². The quantitative estimate of drug-likeness (QED) is 0.230. The molecule has 4 N–H and O–H groups in total. The van der Waals surface area contributed by atoms with Crippen LogP contribution in [0.4, 0.5) is 0 Å². The van der Waals surface area contributed by atoms with Gasteiger partial charge in [0, 0.05) is 11.8 Å². The van der Waals surface area contributed by atoms with E-state index < -0.39 is 56.6 Å². The van der Waals surface area contributed by atoms with Crippen LogP contribution in [0.3, 0.4) is 0 Å². The van der Waals surface area contributed by atoms with Crippen LogP contribution in [0, 0.1) is 17.8 Å². The number of aliphatic hydroxyl groups is 2. The molecule has 0 bridgehead atoms. The number of aromatic nitrogens is 1. The first kappa shape index (κ1) is 34.5. The Kier molecular flexibility index (Phi) is 12.0. The summed E-state index contributed by atoms with van der Waals surface area (Å²) in [6.45, 7) is 4.85. The van der Waals surface area contributed by atoms with Crippen molar-refractivity contribution in [2.45, 2.75) is 114 Å². The summed E-state index contributed by atoms with van der Waals surface area (Å²) in [5, 5.41) is 29.7. The second-order valence-electron chi connectivity index (χ2n) is 13.7. The highest BCUT2D eigenvalue weighted by molar-refractivity contribution is 7.92. The predicted molar refractivity (Wildman–Crippen MR) is 173 cm³/mol. The minimum Gasteiger partial charge on any atom is -0.390 e. The van der Waals surface area contributed by atoms with Crippen molar-refractivity contribution in [3.63, 3.8) is 0 Å². The number of carbonyl (C=O) groups excluding carboxylic acids is 2. The lowest BCUT2D eigenvalue weighted by atomic mass is 9.82. The zero-order valence-corrected chi connectivity index (χ0v) is 27.8. The summed E-state index contributed by atoms with van der Waals surface area (Å²) >= 11 is 1.38. The molecule has 11 heteroatoms. The van der Waals surface area contributed by atoms with Crippen molar-refractivity contribution in [2.24, 2.45) is 17.8 Å². The Morgan fingerprint density at radius 3 is 2.25 bits per heavy atom. The Morgan fingerprint density at radius 1 is 0.977 bits per heavy atom. The van der Waals surface area contributed by atoms with E-state index in [9.17, 15) is 28.2 Å². The summed E-state index contributed by atoms with van der Waals surface area (Å²) in [4.78, 5) is 32.1. The Balaban J connectivity index is 1.56. The second kappa shape index (κ2) is 15.3. The number of thiazole rings is 1. The summed E-state index contributed by atoms with van der Waals surface area (Å²) in [6, 6.07) is 7.54. The van der Waals surface area contributed by atoms with E-state index in [1.165, 1.54) is 17.8 Å². The zero-order chi connectivity index (χ0) is 31.9. The Hall–Kier alpha value is -2.34. The van der Waals surface area contributed by atoms with Gasteiger partial charge in [0.1, 0.15) is 12.1 Å². The average Bonchev–Trinajstić information content (AvgIpc) is 3.71. The van der Waals surface area contributed by atoms with E-state index in [-0.39, 0.29) is 24.5 Å². The summed E-state index contributed by atoms with van der Waals surface area (Å²) in [5.74, 6) is -1.93. The Labute approximate surface area is 266 Å². The number of nitrogens with zero attached hydrogens (tertiary/aromatic N) is 1. The van der Waals surface area contributed by atoms with E-state index in [1.807, 2.05) is 35.7 Å². The molecule has 9 nitrogen and oxygen atoms in total. The molecule has 2 saturated carbocycles. The standard InChI is InChI=1S/C33H49N3O6S2/c1-33(2,3)44(41,42)20-25(16-22-10-6-4-7-11-22)31(39)36-28(18-26-19-43-21-34-26)32(40)35-27(17-23-12-8-5-9-13-23)30(38)29(37)24-14-15-24/h4,6-7,10-11,19,21,23-25,27-30,37-38H,5,8-9,12-18,20H2,1-3H3,(H,35,40)(H,36,39)/t25-,27+,28-,29+,30-/m1/s1. The van der Waals surface area contributed by atoms with Gasteiger partial charge in [0.15, 0.2) is 9.84 Å². The van der Waals surface area contributed by atoms with E-state index in [1.54, 1.807) is 26.3 Å². The molecular weight excluding hydrogens is 599 g/mol. The van der Waals surface area contributed by atoms with E-state index >= 15 is 0 Å². The van der Waals surface area contributed by atoms with Gasteiger partial charge < -0.3 is 20.8 Å². The fourth-order valence-corrected chi connectivity index (χ4v) is 7.86. The lowest BCUT2D eigenvalue weighted by molar-refractivity contribution is -0.132. The molecule has 0 saturated heterocycles. The first-order valence-corrected chi connectivity index (χ1v) is 18.5. The van der Waals surface area contributed by atoms with E-state index in [0.29, 0.717) is 18.0 Å². The topological polar surface area (TPSA) is 146 Å². The van der Waals surface area contributed by atoms with Gasteiger partial charge in [-0.15, -0.1) is 11.3 Å². The Morgan fingerprint density at radius 2 is 1.66 bits per heavy atom. The summed E-state index contributed by atoms with van der Waals surface area (Å²) < 4.78 is 25.4. The molecule has 44 heavy (non-hydrogen) atoms. The molecule has 0 spiro atoms. The molecule has 1 aromatic carbocycles. The highest BCUT2D eigenvalue weighted by atomic mass is 32.2. The number of nitrogens with one attached hydrogen (secondary N) is 2. The SMILES string of the molecule is CC(C)(C)S(=O)(=O)C[C@@H](Cc1ccccc1)C(=O)N[C@H](Cc1cscn1)C(=O)N[C@@H](CC1CCCCC1)[C@@H](O)[C@@H](O)C1CC1. The number of benzene rings is 1. The smallest absolute Gasteiger partial charge is 0.243 e. The molecule has 0 aliphatic heterocycles. The van der Waals surface area contributed by atoms with Crippen LogP contribution in [-0.4, -0.2) is 70.2 Å². The minimum atomic E-state index is -3.66. The van der Waals surface area contributed by atoms with Gasteiger partial charge in [0.25, 0.3) is 0 Å². The van der Waals surface area contributed by atoms with Crippen LogP contribution in [0.25, 0.3) is 0 Å². The molecule has 2 aromatic rings. The van der Waals surface area contributed by atoms with Gasteiger partial charge in [-0.2, -0.15) is 0 Å². The summed E-state index contributed by atoms with van der Waals surface area (Å²) in [6.07, 6.45) is 5.95. The average molecular weight is 648 g/mol. The van der Waals surface area contributed by atoms with Gasteiger partial charge in [0.05, 0.1) is 39.8 Å². The van der Waals surface area contributed by atoms with Crippen molar-refractivity contribution < 1.29 is 28.2 Å². The molecule has 0 unspecified atom stereocenters. The molecule has 4 rings (SSSR count). The molecule has 244 valence electrons. The lowest BCUT2D eigenvalue weighted by Gasteiger charge is -2.33. The fraction of sp³-hybridized carbons (Fsp3) is 0.667. The van der Waals surface area contributed by atoms with E-state index in [0.717, 1.165) is 44.1 Å². The van der Waals surface area contributed by atoms with Crippen LogP contribution in [0.1, 0.15) is 83.4 Å². The van der Waals surface area contributed by atoms with Crippen molar-refractivity contribution in [3.8, 4) is 0 Å². The number of rotatable bonds is 15. The zero-order valence-electron chi connectivity index (χ0n) is 26.2. The lowest BCUT2D eigenvalue weighted by Crippen LogP contribution is -2.57. The second-order valence-corrected chi connectivity index (χ2v) is 17.2. The predicted octanol–water partition coefficient (Wildman–Crippen LogP) is 3.83. The van der Waals surface area contributed by atoms with Crippen molar-refractivity contribution in [2.75, 3.05) is 5.75 Å². The van der Waals surface area contributed by atoms with Crippen molar-refractivity contribution in [1.82, 2.24) is 15.6 Å². The third kappa shape index (κ3) is 9.83. The molecule has 0 radical (unpaired) electrons. The highest BCUT2D eigenvalue weighted by Gasteiger charge is 2.41. The van der Waals surface area contributed by atoms with Gasteiger partial charge in [-0.3, -0.25) is 9.59 Å². The number of amides is 2. The van der Waals surface area contributed by atoms with Gasteiger partial charge in [-0.05, 0) is 63.9 Å². The number of carbonyl (C=O) groups is 2. The number of sulfone groups is 1. The molecule has 5 atom stereocenters. The molecular formula is C33H49N3O6S2. The minimum absolute atomic E-state index is 0.0322. The summed E-state index contributed by atoms with van der Waals surface area (Å²) in [5.41, 5.74) is 3.10. The first-order chi connectivity index (χ1) is 20.8. The van der Waals surface area contributed by atoms with Gasteiger partial charge in [0.2, 0.25) is 11.8 Å². The van der Waals surface area contributed by atoms with E-state index in [4.69, 9.17) is 0 Å². The largest absolute Gasteiger partial charge is 0.390 e. The van der Waals surface area contributed by atoms with Crippen LogP contribution in [0.2, 0.25) is 0 Å². The van der Waals surface area contributed by atoms with Crippen LogP contribution in [-0.2, 0) is 32.3 Å². The molecule has 2 aliphatic carbocycles. The normalized spacial score (nSPS) is 19.8. The number of hydrogen-bond acceptors (Lipinski definition) is 8. The van der Waals surface area contributed by atoms with Crippen LogP contribution < -0.4 is 10.6 Å². The van der Waals surface area contributed by atoms with E-state index in [2.05, 4.69) is 15.6 Å². The first-order valence-electron chi connectivity index (χ1n) is 15.9. The molecule has 1 heterocycles. The maximum atomic E-state index is 13.9. The van der Waals surface area contributed by atoms with Crippen molar-refractivity contribution in [3.05, 3.63) is 52.5 Å². The van der Waals surface area contributed by atoms with Gasteiger partial charge in [-0.1, -0.05) is 62.4 Å². The van der Waals surface area contributed by atoms with Crippen molar-refractivity contribution >= 4 is 33.0 Å². The molecule has 1 aromatic heterocycles. The Bertz CT molecular complexity index is 1300. The number of hydrogen-bond donors (Lipinski definition) is 4. The van der Waals surface area contributed by atoms with Crippen molar-refractivity contribution in [1.29, 1.82) is 0 Å². The van der Waals surface area contributed by atoms with Crippen LogP contribution in [0.5, 0.6) is 0 Å². The molecule has 2 aliphatic rings. The summed E-state index contributed by atoms with van der Waals surface area (Å²) in [7, 11) is -3.66. The maximum Gasteiger partial charge on any atom is 0.243 e. The monoisotopic (exact) mass is 647 g/mol. The fourth-order valence-electron chi connectivity index (χ4n) is 5.99. The molecule has 2 amide bonds. The third-order valence-electron chi connectivity index (χ3n) is 9.09. The maximum absolute atomic E-state index is 13.9. The highest BCUT2D eigenvalue weighted by Crippen LogP contribution is 2.36. The molecule has 2 fully saturated rings.